The summed E-state index contributed by atoms with van der Waals surface area (Å²) in [6, 6.07) is 10.6. The molecule has 1 N–H and O–H groups in total. The summed E-state index contributed by atoms with van der Waals surface area (Å²) in [7, 11) is 0. The molecule has 4 heterocycles. The molecular weight excluding hydrogens is 250 g/mol. The van der Waals surface area contributed by atoms with Gasteiger partial charge in [0, 0.05) is 50.6 Å². The third-order valence-electron chi connectivity index (χ3n) is 5.17. The van der Waals surface area contributed by atoms with Crippen LogP contribution in [0.2, 0.25) is 0 Å². The molecule has 1 aromatic rings. The Morgan fingerprint density at radius 2 is 1.75 bits per heavy atom. The fourth-order valence-electron chi connectivity index (χ4n) is 4.48. The maximum absolute atomic E-state index is 9.58. The average molecular weight is 271 g/mol. The molecule has 4 heteroatoms. The molecule has 0 saturated carbocycles. The molecule has 4 bridgehead atoms. The summed E-state index contributed by atoms with van der Waals surface area (Å²) in [4.78, 5) is 5.13. The number of nitrogens with zero attached hydrogens (tertiary/aromatic N) is 3. The van der Waals surface area contributed by atoms with Gasteiger partial charge in [-0.3, -0.25) is 0 Å². The van der Waals surface area contributed by atoms with Crippen molar-refractivity contribution in [1.29, 1.82) is 0 Å². The number of rotatable bonds is 2. The van der Waals surface area contributed by atoms with Crippen LogP contribution in [0.15, 0.2) is 35.5 Å². The van der Waals surface area contributed by atoms with E-state index in [9.17, 15) is 5.21 Å². The third kappa shape index (κ3) is 1.86. The van der Waals surface area contributed by atoms with Crippen LogP contribution in [-0.4, -0.2) is 60.0 Å². The summed E-state index contributed by atoms with van der Waals surface area (Å²) in [5, 5.41) is 13.3. The van der Waals surface area contributed by atoms with Crippen molar-refractivity contribution >= 4 is 5.71 Å². The predicted octanol–water partition coefficient (Wildman–Crippen LogP) is 1.31. The topological polar surface area (TPSA) is 39.1 Å². The second kappa shape index (κ2) is 4.57. The van der Waals surface area contributed by atoms with Crippen LogP contribution in [0.4, 0.5) is 0 Å². The Balaban J connectivity index is 1.73. The van der Waals surface area contributed by atoms with E-state index >= 15 is 0 Å². The van der Waals surface area contributed by atoms with Gasteiger partial charge in [-0.25, -0.2) is 0 Å². The van der Waals surface area contributed by atoms with Gasteiger partial charge in [0.05, 0.1) is 5.71 Å². The van der Waals surface area contributed by atoms with E-state index in [0.717, 1.165) is 51.4 Å². The van der Waals surface area contributed by atoms with Crippen LogP contribution in [0, 0.1) is 11.3 Å². The van der Waals surface area contributed by atoms with Crippen LogP contribution in [0.5, 0.6) is 0 Å². The zero-order valence-electron chi connectivity index (χ0n) is 11.7. The van der Waals surface area contributed by atoms with Crippen LogP contribution in [0.1, 0.15) is 5.56 Å². The van der Waals surface area contributed by atoms with E-state index in [4.69, 9.17) is 0 Å². The van der Waals surface area contributed by atoms with Crippen LogP contribution < -0.4 is 0 Å². The molecule has 0 aromatic heterocycles. The molecule has 0 radical (unpaired) electrons. The maximum atomic E-state index is 9.58. The van der Waals surface area contributed by atoms with Crippen LogP contribution in [-0.2, 0) is 6.42 Å². The lowest BCUT2D eigenvalue weighted by atomic mass is 9.67. The summed E-state index contributed by atoms with van der Waals surface area (Å²) < 4.78 is 0. The van der Waals surface area contributed by atoms with Gasteiger partial charge in [0.1, 0.15) is 0 Å². The van der Waals surface area contributed by atoms with E-state index in [-0.39, 0.29) is 5.41 Å². The molecule has 4 aliphatic rings. The fraction of sp³-hybridized carbons (Fsp3) is 0.562. The normalized spacial score (nSPS) is 41.0. The Labute approximate surface area is 119 Å². The van der Waals surface area contributed by atoms with E-state index in [1.54, 1.807) is 0 Å². The van der Waals surface area contributed by atoms with Gasteiger partial charge in [0.15, 0.2) is 0 Å². The van der Waals surface area contributed by atoms with Gasteiger partial charge in [0.25, 0.3) is 0 Å². The predicted molar refractivity (Wildman–Crippen MR) is 78.2 cm³/mol. The summed E-state index contributed by atoms with van der Waals surface area (Å²) in [5.41, 5.74) is 2.40. The highest BCUT2D eigenvalue weighted by Gasteiger charge is 2.52. The van der Waals surface area contributed by atoms with Crippen molar-refractivity contribution in [2.45, 2.75) is 6.42 Å². The van der Waals surface area contributed by atoms with Crippen molar-refractivity contribution in [3.8, 4) is 0 Å². The minimum atomic E-state index is 0.00771. The highest BCUT2D eigenvalue weighted by atomic mass is 16.4. The molecule has 1 aromatic carbocycles. The van der Waals surface area contributed by atoms with E-state index in [1.807, 2.05) is 0 Å². The number of benzene rings is 1. The lowest BCUT2D eigenvalue weighted by Gasteiger charge is -2.50. The van der Waals surface area contributed by atoms with E-state index < -0.39 is 0 Å². The van der Waals surface area contributed by atoms with Crippen LogP contribution >= 0.6 is 0 Å². The Morgan fingerprint density at radius 1 is 1.10 bits per heavy atom. The zero-order chi connectivity index (χ0) is 13.6. The Morgan fingerprint density at radius 3 is 2.35 bits per heavy atom. The minimum absolute atomic E-state index is 0.00771. The molecule has 2 atom stereocenters. The van der Waals surface area contributed by atoms with Gasteiger partial charge in [-0.1, -0.05) is 35.5 Å². The molecule has 4 saturated heterocycles. The summed E-state index contributed by atoms with van der Waals surface area (Å²) in [6.07, 6.45) is 0.983. The minimum Gasteiger partial charge on any atom is -0.411 e. The molecule has 4 aliphatic heterocycles. The summed E-state index contributed by atoms with van der Waals surface area (Å²) in [6.45, 7) is 6.51. The van der Waals surface area contributed by atoms with Crippen molar-refractivity contribution in [3.63, 3.8) is 0 Å². The first-order valence-corrected chi connectivity index (χ1v) is 7.50. The van der Waals surface area contributed by atoms with Gasteiger partial charge < -0.3 is 15.0 Å². The van der Waals surface area contributed by atoms with Gasteiger partial charge in [-0.05, 0) is 12.0 Å². The van der Waals surface area contributed by atoms with Crippen molar-refractivity contribution in [2.24, 2.45) is 16.5 Å². The Kier molecular flexibility index (Phi) is 2.82. The maximum Gasteiger partial charge on any atom is 0.0717 e. The van der Waals surface area contributed by atoms with E-state index in [0.29, 0.717) is 5.92 Å². The number of hydrogen-bond donors (Lipinski definition) is 1. The highest BCUT2D eigenvalue weighted by Crippen LogP contribution is 2.40. The second-order valence-corrected chi connectivity index (χ2v) is 6.60. The second-order valence-electron chi connectivity index (χ2n) is 6.60. The first-order valence-electron chi connectivity index (χ1n) is 7.50. The SMILES string of the molecule is ON=C1C2CN3CCN(C2)CC1(Cc1ccccc1)C3. The van der Waals surface area contributed by atoms with Gasteiger partial charge in [0.2, 0.25) is 0 Å². The number of hydrogen-bond acceptors (Lipinski definition) is 4. The first-order chi connectivity index (χ1) is 9.79. The summed E-state index contributed by atoms with van der Waals surface area (Å²) in [5.74, 6) is 0.411. The van der Waals surface area contributed by atoms with Crippen molar-refractivity contribution < 1.29 is 5.21 Å². The molecule has 4 nitrogen and oxygen atoms in total. The molecular formula is C16H21N3O. The standard InChI is InChI=1S/C16H21N3O/c20-17-15-14-9-18-6-7-19(10-14)12-16(15,11-18)8-13-4-2-1-3-5-13/h1-5,14,20H,6-12H2. The van der Waals surface area contributed by atoms with Crippen molar-refractivity contribution in [3.05, 3.63) is 35.9 Å². The van der Waals surface area contributed by atoms with Gasteiger partial charge >= 0.3 is 0 Å². The molecule has 2 unspecified atom stereocenters. The summed E-state index contributed by atoms with van der Waals surface area (Å²) >= 11 is 0. The number of fused-ring (bicyclic) bond motifs is 1. The Bertz CT molecular complexity index is 512. The number of oxime groups is 1. The fourth-order valence-corrected chi connectivity index (χ4v) is 4.48. The average Bonchev–Trinajstić information content (AvgIpc) is 2.68. The van der Waals surface area contributed by atoms with Gasteiger partial charge in [-0.15, -0.1) is 0 Å². The smallest absolute Gasteiger partial charge is 0.0717 e. The monoisotopic (exact) mass is 271 g/mol. The molecule has 0 aliphatic carbocycles. The molecule has 4 fully saturated rings. The van der Waals surface area contributed by atoms with Gasteiger partial charge in [-0.2, -0.15) is 0 Å². The molecule has 5 rings (SSSR count). The van der Waals surface area contributed by atoms with E-state index in [2.05, 4.69) is 45.3 Å². The van der Waals surface area contributed by atoms with Crippen molar-refractivity contribution in [2.75, 3.05) is 39.3 Å². The Hall–Kier alpha value is -1.39. The first kappa shape index (κ1) is 12.4. The van der Waals surface area contributed by atoms with Crippen molar-refractivity contribution in [1.82, 2.24) is 9.80 Å². The van der Waals surface area contributed by atoms with Crippen LogP contribution in [0.3, 0.4) is 0 Å². The van der Waals surface area contributed by atoms with Crippen LogP contribution in [0.25, 0.3) is 0 Å². The molecule has 0 amide bonds. The van der Waals surface area contributed by atoms with E-state index in [1.165, 1.54) is 5.56 Å². The lowest BCUT2D eigenvalue weighted by Crippen LogP contribution is -2.62. The molecule has 0 spiro atoms. The highest BCUT2D eigenvalue weighted by molar-refractivity contribution is 5.94. The number of piperidine rings is 2. The molecule has 106 valence electrons. The zero-order valence-corrected chi connectivity index (χ0v) is 11.7. The quantitative estimate of drug-likeness (QED) is 0.651. The molecule has 20 heavy (non-hydrogen) atoms. The largest absolute Gasteiger partial charge is 0.411 e. The third-order valence-corrected chi connectivity index (χ3v) is 5.17. The lowest BCUT2D eigenvalue weighted by molar-refractivity contribution is 0.110.